The number of amides is 1. The van der Waals surface area contributed by atoms with Crippen molar-refractivity contribution in [2.24, 2.45) is 5.73 Å². The molecule has 0 aliphatic carbocycles. The summed E-state index contributed by atoms with van der Waals surface area (Å²) < 4.78 is 5.22. The SMILES string of the molecule is Cl.NC1(C(=O)NCCc2cccs2)CCOCC1. The van der Waals surface area contributed by atoms with Crippen LogP contribution in [0.4, 0.5) is 0 Å². The van der Waals surface area contributed by atoms with Gasteiger partial charge in [-0.05, 0) is 30.7 Å². The van der Waals surface area contributed by atoms with E-state index in [1.54, 1.807) is 11.3 Å². The molecule has 1 aliphatic rings. The number of nitrogens with one attached hydrogen (secondary N) is 1. The fourth-order valence-corrected chi connectivity index (χ4v) is 2.60. The van der Waals surface area contributed by atoms with Crippen LogP contribution in [0, 0.1) is 0 Å². The summed E-state index contributed by atoms with van der Waals surface area (Å²) >= 11 is 1.71. The van der Waals surface area contributed by atoms with Crippen molar-refractivity contribution >= 4 is 29.7 Å². The molecule has 0 saturated carbocycles. The van der Waals surface area contributed by atoms with Crippen molar-refractivity contribution in [3.8, 4) is 0 Å². The second-order valence-corrected chi connectivity index (χ2v) is 5.39. The van der Waals surface area contributed by atoms with E-state index in [0.29, 0.717) is 32.6 Å². The van der Waals surface area contributed by atoms with Gasteiger partial charge in [0.05, 0.1) is 5.54 Å². The smallest absolute Gasteiger partial charge is 0.240 e. The lowest BCUT2D eigenvalue weighted by Crippen LogP contribution is -2.57. The van der Waals surface area contributed by atoms with E-state index < -0.39 is 5.54 Å². The number of ether oxygens (including phenoxy) is 1. The molecular weight excluding hydrogens is 272 g/mol. The van der Waals surface area contributed by atoms with E-state index in [9.17, 15) is 4.79 Å². The largest absolute Gasteiger partial charge is 0.381 e. The first-order chi connectivity index (χ1) is 8.21. The Labute approximate surface area is 117 Å². The Kier molecular flexibility index (Phi) is 6.08. The van der Waals surface area contributed by atoms with Crippen molar-refractivity contribution in [1.82, 2.24) is 5.32 Å². The van der Waals surface area contributed by atoms with Crippen LogP contribution in [-0.4, -0.2) is 31.2 Å². The van der Waals surface area contributed by atoms with Crippen LogP contribution in [0.5, 0.6) is 0 Å². The quantitative estimate of drug-likeness (QED) is 0.879. The van der Waals surface area contributed by atoms with Gasteiger partial charge in [0.2, 0.25) is 5.91 Å². The molecule has 18 heavy (non-hydrogen) atoms. The molecule has 6 heteroatoms. The first kappa shape index (κ1) is 15.4. The summed E-state index contributed by atoms with van der Waals surface area (Å²) in [6.45, 7) is 1.81. The molecule has 1 saturated heterocycles. The highest BCUT2D eigenvalue weighted by molar-refractivity contribution is 7.09. The fourth-order valence-electron chi connectivity index (χ4n) is 1.89. The van der Waals surface area contributed by atoms with E-state index in [2.05, 4.69) is 11.4 Å². The zero-order chi connectivity index (χ0) is 12.1. The molecule has 1 aliphatic heterocycles. The highest BCUT2D eigenvalue weighted by atomic mass is 35.5. The molecule has 1 amide bonds. The van der Waals surface area contributed by atoms with Crippen LogP contribution in [0.25, 0.3) is 0 Å². The van der Waals surface area contributed by atoms with Crippen LogP contribution in [0.2, 0.25) is 0 Å². The van der Waals surface area contributed by atoms with E-state index in [1.807, 2.05) is 11.4 Å². The molecule has 1 aromatic rings. The summed E-state index contributed by atoms with van der Waals surface area (Å²) in [5, 5.41) is 4.96. The lowest BCUT2D eigenvalue weighted by atomic mass is 9.90. The molecule has 1 fully saturated rings. The summed E-state index contributed by atoms with van der Waals surface area (Å²) in [7, 11) is 0. The fraction of sp³-hybridized carbons (Fsp3) is 0.583. The minimum atomic E-state index is -0.728. The number of rotatable bonds is 4. The number of nitrogens with two attached hydrogens (primary N) is 1. The van der Waals surface area contributed by atoms with Gasteiger partial charge in [0.25, 0.3) is 0 Å². The molecule has 0 spiro atoms. The maximum Gasteiger partial charge on any atom is 0.240 e. The molecule has 4 nitrogen and oxygen atoms in total. The minimum Gasteiger partial charge on any atom is -0.381 e. The summed E-state index contributed by atoms with van der Waals surface area (Å²) in [6, 6.07) is 4.09. The minimum absolute atomic E-state index is 0. The van der Waals surface area contributed by atoms with Gasteiger partial charge in [0.15, 0.2) is 0 Å². The monoisotopic (exact) mass is 290 g/mol. The molecule has 2 rings (SSSR count). The van der Waals surface area contributed by atoms with Crippen LogP contribution in [0.15, 0.2) is 17.5 Å². The lowest BCUT2D eigenvalue weighted by molar-refractivity contribution is -0.129. The van der Waals surface area contributed by atoms with Gasteiger partial charge in [-0.3, -0.25) is 4.79 Å². The molecular formula is C12H19ClN2O2S. The number of thiophene rings is 1. The zero-order valence-electron chi connectivity index (χ0n) is 10.2. The summed E-state index contributed by atoms with van der Waals surface area (Å²) in [6.07, 6.45) is 2.09. The second kappa shape index (κ2) is 7.09. The summed E-state index contributed by atoms with van der Waals surface area (Å²) in [4.78, 5) is 13.2. The van der Waals surface area contributed by atoms with E-state index >= 15 is 0 Å². The standard InChI is InChI=1S/C12H18N2O2S.ClH/c13-12(4-7-16-8-5-12)11(15)14-6-3-10-2-1-9-17-10;/h1-2,9H,3-8,13H2,(H,14,15);1H. The van der Waals surface area contributed by atoms with Gasteiger partial charge in [0.1, 0.15) is 0 Å². The van der Waals surface area contributed by atoms with E-state index in [4.69, 9.17) is 10.5 Å². The Morgan fingerprint density at radius 1 is 1.50 bits per heavy atom. The number of carbonyl (C=O) groups excluding carboxylic acids is 1. The molecule has 1 aromatic heterocycles. The Balaban J connectivity index is 0.00000162. The summed E-state index contributed by atoms with van der Waals surface area (Å²) in [5.41, 5.74) is 5.34. The highest BCUT2D eigenvalue weighted by Gasteiger charge is 2.35. The maximum absolute atomic E-state index is 12.0. The third-order valence-corrected chi connectivity index (χ3v) is 4.01. The van der Waals surface area contributed by atoms with Crippen molar-refractivity contribution in [1.29, 1.82) is 0 Å². The van der Waals surface area contributed by atoms with Gasteiger partial charge >= 0.3 is 0 Å². The van der Waals surface area contributed by atoms with Gasteiger partial charge in [-0.15, -0.1) is 23.7 Å². The van der Waals surface area contributed by atoms with Crippen LogP contribution in [0.3, 0.4) is 0 Å². The van der Waals surface area contributed by atoms with E-state index in [1.165, 1.54) is 4.88 Å². The molecule has 3 N–H and O–H groups in total. The average Bonchev–Trinajstić information content (AvgIpc) is 2.83. The predicted molar refractivity (Wildman–Crippen MR) is 75.3 cm³/mol. The molecule has 0 atom stereocenters. The van der Waals surface area contributed by atoms with Crippen LogP contribution >= 0.6 is 23.7 Å². The number of hydrogen-bond acceptors (Lipinski definition) is 4. The average molecular weight is 291 g/mol. The maximum atomic E-state index is 12.0. The van der Waals surface area contributed by atoms with Crippen molar-refractivity contribution < 1.29 is 9.53 Å². The van der Waals surface area contributed by atoms with Crippen molar-refractivity contribution in [2.75, 3.05) is 19.8 Å². The molecule has 0 aromatic carbocycles. The molecule has 2 heterocycles. The van der Waals surface area contributed by atoms with E-state index in [-0.39, 0.29) is 18.3 Å². The molecule has 102 valence electrons. The van der Waals surface area contributed by atoms with Crippen molar-refractivity contribution in [3.63, 3.8) is 0 Å². The van der Waals surface area contributed by atoms with Gasteiger partial charge in [0, 0.05) is 24.6 Å². The Hall–Kier alpha value is -0.620. The third kappa shape index (κ3) is 3.95. The molecule has 0 bridgehead atoms. The Bertz CT molecular complexity index is 364. The molecule has 0 radical (unpaired) electrons. The third-order valence-electron chi connectivity index (χ3n) is 3.07. The predicted octanol–water partition coefficient (Wildman–Crippen LogP) is 1.34. The number of hydrogen-bond donors (Lipinski definition) is 2. The van der Waals surface area contributed by atoms with E-state index in [0.717, 1.165) is 6.42 Å². The zero-order valence-corrected chi connectivity index (χ0v) is 11.8. The van der Waals surface area contributed by atoms with Gasteiger partial charge < -0.3 is 15.8 Å². The number of carbonyl (C=O) groups is 1. The second-order valence-electron chi connectivity index (χ2n) is 4.35. The Morgan fingerprint density at radius 2 is 2.22 bits per heavy atom. The molecule has 0 unspecified atom stereocenters. The van der Waals surface area contributed by atoms with Crippen LogP contribution < -0.4 is 11.1 Å². The van der Waals surface area contributed by atoms with Crippen molar-refractivity contribution in [2.45, 2.75) is 24.8 Å². The van der Waals surface area contributed by atoms with Crippen LogP contribution in [-0.2, 0) is 16.0 Å². The van der Waals surface area contributed by atoms with Gasteiger partial charge in [-0.1, -0.05) is 6.07 Å². The number of halogens is 1. The van der Waals surface area contributed by atoms with Gasteiger partial charge in [-0.2, -0.15) is 0 Å². The lowest BCUT2D eigenvalue weighted by Gasteiger charge is -2.31. The first-order valence-electron chi connectivity index (χ1n) is 5.88. The Morgan fingerprint density at radius 3 is 2.83 bits per heavy atom. The van der Waals surface area contributed by atoms with Crippen molar-refractivity contribution in [3.05, 3.63) is 22.4 Å². The summed E-state index contributed by atoms with van der Waals surface area (Å²) in [5.74, 6) is -0.0441. The normalized spacial score (nSPS) is 17.8. The van der Waals surface area contributed by atoms with Crippen LogP contribution in [0.1, 0.15) is 17.7 Å². The first-order valence-corrected chi connectivity index (χ1v) is 6.76. The highest BCUT2D eigenvalue weighted by Crippen LogP contribution is 2.17. The topological polar surface area (TPSA) is 64.4 Å². The van der Waals surface area contributed by atoms with Gasteiger partial charge in [-0.25, -0.2) is 0 Å².